The Morgan fingerprint density at radius 1 is 0.667 bits per heavy atom. The van der Waals surface area contributed by atoms with E-state index in [2.05, 4.69) is 20.8 Å². The predicted molar refractivity (Wildman–Crippen MR) is 203 cm³/mol. The number of hydrogen-bond acceptors (Lipinski definition) is 8. The lowest BCUT2D eigenvalue weighted by Gasteiger charge is -2.25. The maximum absolute atomic E-state index is 13.2. The number of para-hydroxylation sites is 4. The van der Waals surface area contributed by atoms with Gasteiger partial charge >= 0.3 is 12.4 Å². The zero-order chi connectivity index (χ0) is 43.3. The van der Waals surface area contributed by atoms with E-state index in [-0.39, 0.29) is 74.9 Å². The largest absolute Gasteiger partial charge is 0.489 e. The van der Waals surface area contributed by atoms with E-state index in [4.69, 9.17) is 9.47 Å². The maximum atomic E-state index is 13.2. The highest BCUT2D eigenvalue weighted by Crippen LogP contribution is 2.40. The number of rotatable bonds is 4. The third-order valence-electron chi connectivity index (χ3n) is 11.4. The molecule has 0 saturated carbocycles. The normalized spacial score (nSPS) is 21.4. The number of amides is 4. The lowest BCUT2D eigenvalue weighted by molar-refractivity contribution is -0.177. The average molecular weight is 845 g/mol. The Morgan fingerprint density at radius 2 is 1.15 bits per heavy atom. The predicted octanol–water partition coefficient (Wildman–Crippen LogP) is 4.48. The third kappa shape index (κ3) is 8.23. The second-order valence-corrected chi connectivity index (χ2v) is 15.2. The highest BCUT2D eigenvalue weighted by Gasteiger charge is 2.45. The molecular weight excluding hydrogens is 802 g/mol. The van der Waals surface area contributed by atoms with Crippen molar-refractivity contribution in [2.45, 2.75) is 63.0 Å². The highest BCUT2D eigenvalue weighted by molar-refractivity contribution is 6.04. The minimum Gasteiger partial charge on any atom is -0.489 e. The van der Waals surface area contributed by atoms with E-state index in [1.807, 2.05) is 0 Å². The second-order valence-electron chi connectivity index (χ2n) is 15.2. The van der Waals surface area contributed by atoms with E-state index >= 15 is 0 Å². The van der Waals surface area contributed by atoms with Crippen molar-refractivity contribution in [2.24, 2.45) is 25.9 Å². The Hall–Kier alpha value is -6.08. The van der Waals surface area contributed by atoms with Crippen LogP contribution in [0.2, 0.25) is 0 Å². The summed E-state index contributed by atoms with van der Waals surface area (Å²) in [5, 5.41) is 13.6. The van der Waals surface area contributed by atoms with E-state index < -0.39 is 48.1 Å². The van der Waals surface area contributed by atoms with Gasteiger partial charge in [0.1, 0.15) is 42.5 Å². The molecule has 2 aromatic carbocycles. The molecule has 4 atom stereocenters. The van der Waals surface area contributed by atoms with Crippen LogP contribution in [0.1, 0.15) is 56.3 Å². The maximum Gasteiger partial charge on any atom is 0.392 e. The van der Waals surface area contributed by atoms with E-state index in [0.29, 0.717) is 45.4 Å². The zero-order valence-electron chi connectivity index (χ0n) is 33.0. The Labute approximate surface area is 339 Å². The molecule has 4 heterocycles. The molecule has 0 fully saturated rings. The van der Waals surface area contributed by atoms with E-state index in [1.165, 1.54) is 26.2 Å². The van der Waals surface area contributed by atoms with Crippen LogP contribution in [0.15, 0.2) is 48.5 Å². The number of nitrogens with one attached hydrogen (secondary N) is 2. The van der Waals surface area contributed by atoms with Crippen LogP contribution in [0.25, 0.3) is 0 Å². The molecule has 320 valence electrons. The molecule has 8 rings (SSSR count). The lowest BCUT2D eigenvalue weighted by atomic mass is 9.85. The molecule has 20 heteroatoms. The Balaban J connectivity index is 0.000000181. The molecular formula is C40H42F6N8O6. The summed E-state index contributed by atoms with van der Waals surface area (Å²) in [6.07, 6.45) is -8.99. The second kappa shape index (κ2) is 16.2. The number of aryl methyl sites for hydroxylation is 3. The van der Waals surface area contributed by atoms with Gasteiger partial charge in [0.2, 0.25) is 0 Å². The molecule has 4 amide bonds. The van der Waals surface area contributed by atoms with Gasteiger partial charge in [-0.1, -0.05) is 24.3 Å². The van der Waals surface area contributed by atoms with Crippen LogP contribution >= 0.6 is 0 Å². The summed E-state index contributed by atoms with van der Waals surface area (Å²) < 4.78 is 93.4. The van der Waals surface area contributed by atoms with Gasteiger partial charge in [0, 0.05) is 45.0 Å². The number of carbonyl (C=O) groups excluding carboxylic acids is 4. The number of fused-ring (bicyclic) bond motifs is 4. The van der Waals surface area contributed by atoms with Gasteiger partial charge in [-0.3, -0.25) is 28.5 Å². The number of nitrogens with zero attached hydrogens (tertiary/aromatic N) is 6. The Morgan fingerprint density at radius 3 is 1.68 bits per heavy atom. The van der Waals surface area contributed by atoms with Crippen LogP contribution in [0.5, 0.6) is 11.5 Å². The fourth-order valence-electron chi connectivity index (χ4n) is 8.08. The van der Waals surface area contributed by atoms with Crippen LogP contribution < -0.4 is 29.9 Å². The third-order valence-corrected chi connectivity index (χ3v) is 11.4. The first-order chi connectivity index (χ1) is 28.3. The fourth-order valence-corrected chi connectivity index (χ4v) is 8.08. The summed E-state index contributed by atoms with van der Waals surface area (Å²) in [7, 11) is 6.28. The summed E-state index contributed by atoms with van der Waals surface area (Å²) in [6, 6.07) is 12.0. The Kier molecular flexibility index (Phi) is 11.3. The van der Waals surface area contributed by atoms with Gasteiger partial charge in [-0.2, -0.15) is 36.5 Å². The van der Waals surface area contributed by atoms with Crippen molar-refractivity contribution < 1.29 is 55.0 Å². The molecule has 2 aliphatic heterocycles. The SMILES string of the molecule is CN1C(=O)[C@@H](NC(=O)c2c3c(nn2C)CC[C@H](C(F)(F)F)C3)COc2ccccc21.CN1C(=O)[C@@H](NC(=O)c2nn(C)c3c2C[C@@H](C(F)(F)F)CC3)COc2ccccc21. The molecule has 2 N–H and O–H groups in total. The molecule has 0 radical (unpaired) electrons. The molecule has 0 bridgehead atoms. The van der Waals surface area contributed by atoms with Gasteiger partial charge < -0.3 is 29.9 Å². The van der Waals surface area contributed by atoms with Crippen molar-refractivity contribution in [3.05, 3.63) is 82.4 Å². The monoisotopic (exact) mass is 844 g/mol. The van der Waals surface area contributed by atoms with Crippen LogP contribution in [0.4, 0.5) is 37.7 Å². The number of hydrogen-bond donors (Lipinski definition) is 2. The van der Waals surface area contributed by atoms with E-state index in [1.54, 1.807) is 69.7 Å². The van der Waals surface area contributed by atoms with Crippen LogP contribution in [-0.4, -0.2) is 94.9 Å². The first-order valence-corrected chi connectivity index (χ1v) is 19.2. The quantitative estimate of drug-likeness (QED) is 0.286. The summed E-state index contributed by atoms with van der Waals surface area (Å²) in [5.41, 5.74) is 2.83. The molecule has 0 saturated heterocycles. The summed E-state index contributed by atoms with van der Waals surface area (Å²) in [5.74, 6) is -4.09. The van der Waals surface area contributed by atoms with Gasteiger partial charge in [0.15, 0.2) is 5.69 Å². The van der Waals surface area contributed by atoms with Gasteiger partial charge in [0.25, 0.3) is 23.6 Å². The van der Waals surface area contributed by atoms with Crippen molar-refractivity contribution in [1.29, 1.82) is 0 Å². The summed E-state index contributed by atoms with van der Waals surface area (Å²) >= 11 is 0. The number of anilines is 2. The van der Waals surface area contributed by atoms with Crippen molar-refractivity contribution in [1.82, 2.24) is 30.2 Å². The molecule has 4 aromatic rings. The van der Waals surface area contributed by atoms with Crippen LogP contribution in [-0.2, 0) is 49.4 Å². The smallest absolute Gasteiger partial charge is 0.392 e. The Bertz CT molecular complexity index is 2310. The summed E-state index contributed by atoms with van der Waals surface area (Å²) in [6.45, 7) is -0.177. The fraction of sp³-hybridized carbons (Fsp3) is 0.450. The van der Waals surface area contributed by atoms with Crippen molar-refractivity contribution >= 4 is 35.0 Å². The minimum absolute atomic E-state index is 0.0326. The van der Waals surface area contributed by atoms with E-state index in [9.17, 15) is 45.5 Å². The van der Waals surface area contributed by atoms with Gasteiger partial charge in [-0.25, -0.2) is 0 Å². The molecule has 0 unspecified atom stereocenters. The molecule has 60 heavy (non-hydrogen) atoms. The standard InChI is InChI=1S/2C20H21F3N4O3/c1-26-15-5-3-4-6-16(15)30-10-13(19(26)29)24-18(28)17-12-9-11(20(21,22)23)7-8-14(12)27(2)25-17;1-26-15-5-3-4-6-16(15)30-10-14(19(26)29)24-18(28)17-12-9-11(20(21,22)23)7-8-13(12)25-27(17)2/h3-6,11,13H,7-10H2,1-2H3,(H,24,28);3-6,11,14H,7-10H2,1-2H3,(H,24,28)/t11-,13-;11-,14-/m00/s1. The van der Waals surface area contributed by atoms with Gasteiger partial charge in [-0.05, 0) is 62.8 Å². The summed E-state index contributed by atoms with van der Waals surface area (Å²) in [4.78, 5) is 54.3. The number of carbonyl (C=O) groups is 4. The number of aromatic nitrogens is 4. The van der Waals surface area contributed by atoms with Gasteiger partial charge in [0.05, 0.1) is 28.9 Å². The molecule has 14 nitrogen and oxygen atoms in total. The minimum atomic E-state index is -4.33. The van der Waals surface area contributed by atoms with Crippen molar-refractivity contribution in [2.75, 3.05) is 37.1 Å². The highest BCUT2D eigenvalue weighted by atomic mass is 19.4. The molecule has 2 aliphatic carbocycles. The number of ether oxygens (including phenoxy) is 2. The number of likely N-dealkylation sites (N-methyl/N-ethyl adjacent to an activating group) is 2. The molecule has 4 aliphatic rings. The van der Waals surface area contributed by atoms with Crippen LogP contribution in [0.3, 0.4) is 0 Å². The van der Waals surface area contributed by atoms with Crippen molar-refractivity contribution in [3.63, 3.8) is 0 Å². The number of halogens is 6. The number of benzene rings is 2. The molecule has 0 spiro atoms. The van der Waals surface area contributed by atoms with Gasteiger partial charge in [-0.15, -0.1) is 0 Å². The number of alkyl halides is 6. The topological polar surface area (TPSA) is 153 Å². The van der Waals surface area contributed by atoms with Crippen molar-refractivity contribution in [3.8, 4) is 11.5 Å². The lowest BCUT2D eigenvalue weighted by Crippen LogP contribution is -2.49. The van der Waals surface area contributed by atoms with Crippen LogP contribution in [0, 0.1) is 11.8 Å². The molecule has 2 aromatic heterocycles. The average Bonchev–Trinajstić information content (AvgIpc) is 3.66. The first-order valence-electron chi connectivity index (χ1n) is 19.2. The van der Waals surface area contributed by atoms with E-state index in [0.717, 1.165) is 0 Å². The zero-order valence-corrected chi connectivity index (χ0v) is 33.0. The first kappa shape index (κ1) is 42.1.